The maximum atomic E-state index is 13.1. The first-order valence-corrected chi connectivity index (χ1v) is 8.93. The molecule has 0 unspecified atom stereocenters. The lowest BCUT2D eigenvalue weighted by Gasteiger charge is -2.19. The van der Waals surface area contributed by atoms with Crippen molar-refractivity contribution in [2.24, 2.45) is 7.05 Å². The molecule has 0 aliphatic heterocycles. The highest BCUT2D eigenvalue weighted by Gasteiger charge is 2.20. The smallest absolute Gasteiger partial charge is 0.256 e. The number of hydrogen-bond acceptors (Lipinski definition) is 3. The first-order chi connectivity index (χ1) is 12.6. The van der Waals surface area contributed by atoms with Crippen molar-refractivity contribution in [1.82, 2.24) is 9.55 Å². The largest absolute Gasteiger partial charge is 0.320 e. The van der Waals surface area contributed by atoms with E-state index >= 15 is 0 Å². The molecule has 0 saturated carbocycles. The van der Waals surface area contributed by atoms with Crippen molar-refractivity contribution >= 4 is 22.5 Å². The minimum Gasteiger partial charge on any atom is -0.320 e. The number of aryl methyl sites for hydroxylation is 2. The van der Waals surface area contributed by atoms with Crippen LogP contribution in [0.25, 0.3) is 10.9 Å². The van der Waals surface area contributed by atoms with Gasteiger partial charge < -0.3 is 9.88 Å². The standard InChI is InChI=1S/C21H21N3O2/c1-13-19(16-9-5-6-10-18(16)24(2)21(13)26)20(25)23-17-12-22-11-14-7-3-4-8-15(14)17/h5-6,9-12H,3-4,7-8H2,1-2H3,(H,23,25). The maximum absolute atomic E-state index is 13.1. The normalized spacial score (nSPS) is 13.5. The van der Waals surface area contributed by atoms with Crippen LogP contribution in [0.4, 0.5) is 5.69 Å². The lowest BCUT2D eigenvalue weighted by molar-refractivity contribution is 0.102. The molecular formula is C21H21N3O2. The molecule has 0 saturated heterocycles. The van der Waals surface area contributed by atoms with Crippen molar-refractivity contribution in [3.8, 4) is 0 Å². The second-order valence-corrected chi connectivity index (χ2v) is 6.87. The molecule has 0 atom stereocenters. The van der Waals surface area contributed by atoms with E-state index in [4.69, 9.17) is 0 Å². The second kappa shape index (κ2) is 6.41. The molecule has 132 valence electrons. The molecule has 2 aromatic heterocycles. The maximum Gasteiger partial charge on any atom is 0.256 e. The third kappa shape index (κ3) is 2.60. The zero-order valence-electron chi connectivity index (χ0n) is 15.0. The summed E-state index contributed by atoms with van der Waals surface area (Å²) < 4.78 is 1.59. The van der Waals surface area contributed by atoms with E-state index in [0.717, 1.165) is 42.3 Å². The van der Waals surface area contributed by atoms with E-state index in [9.17, 15) is 9.59 Å². The van der Waals surface area contributed by atoms with Gasteiger partial charge in [-0.3, -0.25) is 14.6 Å². The van der Waals surface area contributed by atoms with Crippen molar-refractivity contribution in [2.75, 3.05) is 5.32 Å². The van der Waals surface area contributed by atoms with Crippen LogP contribution < -0.4 is 10.9 Å². The van der Waals surface area contributed by atoms with Gasteiger partial charge in [-0.05, 0) is 49.8 Å². The fraction of sp³-hybridized carbons (Fsp3) is 0.286. The van der Waals surface area contributed by atoms with E-state index in [1.165, 1.54) is 11.1 Å². The van der Waals surface area contributed by atoms with Crippen LogP contribution in [-0.2, 0) is 19.9 Å². The predicted molar refractivity (Wildman–Crippen MR) is 103 cm³/mol. The van der Waals surface area contributed by atoms with Gasteiger partial charge in [0.05, 0.1) is 23.0 Å². The highest BCUT2D eigenvalue weighted by atomic mass is 16.2. The van der Waals surface area contributed by atoms with Gasteiger partial charge in [0.15, 0.2) is 0 Å². The van der Waals surface area contributed by atoms with E-state index < -0.39 is 0 Å². The number of rotatable bonds is 2. The van der Waals surface area contributed by atoms with Gasteiger partial charge in [0.1, 0.15) is 0 Å². The lowest BCUT2D eigenvalue weighted by atomic mass is 9.92. The van der Waals surface area contributed by atoms with E-state index in [1.54, 1.807) is 24.7 Å². The third-order valence-corrected chi connectivity index (χ3v) is 5.28. The number of carbonyl (C=O) groups excluding carboxylic acids is 1. The van der Waals surface area contributed by atoms with Crippen LogP contribution in [0, 0.1) is 6.92 Å². The average molecular weight is 347 g/mol. The fourth-order valence-electron chi connectivity index (χ4n) is 3.89. The Kier molecular flexibility index (Phi) is 4.07. The second-order valence-electron chi connectivity index (χ2n) is 6.87. The number of fused-ring (bicyclic) bond motifs is 2. The summed E-state index contributed by atoms with van der Waals surface area (Å²) in [6.45, 7) is 1.71. The van der Waals surface area contributed by atoms with Crippen molar-refractivity contribution in [2.45, 2.75) is 32.6 Å². The first kappa shape index (κ1) is 16.5. The molecule has 4 rings (SSSR count). The number of hydrogen-bond donors (Lipinski definition) is 1. The van der Waals surface area contributed by atoms with Gasteiger partial charge in [-0.2, -0.15) is 0 Å². The highest BCUT2D eigenvalue weighted by molar-refractivity contribution is 6.13. The first-order valence-electron chi connectivity index (χ1n) is 8.93. The summed E-state index contributed by atoms with van der Waals surface area (Å²) in [5.74, 6) is -0.253. The number of para-hydroxylation sites is 1. The summed E-state index contributed by atoms with van der Waals surface area (Å²) in [7, 11) is 1.73. The summed E-state index contributed by atoms with van der Waals surface area (Å²) in [4.78, 5) is 30.0. The SMILES string of the molecule is Cc1c(C(=O)Nc2cncc3c2CCCC3)c2ccccc2n(C)c1=O. The topological polar surface area (TPSA) is 64.0 Å². The van der Waals surface area contributed by atoms with Crippen LogP contribution in [0.5, 0.6) is 0 Å². The molecule has 5 heteroatoms. The zero-order valence-corrected chi connectivity index (χ0v) is 15.0. The van der Waals surface area contributed by atoms with Crippen molar-refractivity contribution in [3.63, 3.8) is 0 Å². The van der Waals surface area contributed by atoms with Crippen molar-refractivity contribution < 1.29 is 4.79 Å². The highest BCUT2D eigenvalue weighted by Crippen LogP contribution is 2.28. The Balaban J connectivity index is 1.82. The van der Waals surface area contributed by atoms with Crippen LogP contribution in [0.3, 0.4) is 0 Å². The molecule has 1 aliphatic rings. The molecule has 0 fully saturated rings. The van der Waals surface area contributed by atoms with Crippen molar-refractivity contribution in [1.29, 1.82) is 0 Å². The Labute approximate surface area is 151 Å². The van der Waals surface area contributed by atoms with Crippen molar-refractivity contribution in [3.05, 3.63) is 69.3 Å². The van der Waals surface area contributed by atoms with E-state index in [0.29, 0.717) is 11.1 Å². The number of carbonyl (C=O) groups is 1. The van der Waals surface area contributed by atoms with Gasteiger partial charge in [-0.1, -0.05) is 18.2 Å². The Morgan fingerprint density at radius 1 is 1.15 bits per heavy atom. The van der Waals surface area contributed by atoms with Crippen LogP contribution in [0.15, 0.2) is 41.5 Å². The molecule has 0 bridgehead atoms. The molecular weight excluding hydrogens is 326 g/mol. The number of nitrogens with one attached hydrogen (secondary N) is 1. The van der Waals surface area contributed by atoms with Gasteiger partial charge in [-0.15, -0.1) is 0 Å². The minimum atomic E-state index is -0.253. The number of pyridine rings is 2. The summed E-state index contributed by atoms with van der Waals surface area (Å²) in [6.07, 6.45) is 7.82. The Bertz CT molecular complexity index is 1080. The summed E-state index contributed by atoms with van der Waals surface area (Å²) in [5, 5.41) is 3.80. The monoisotopic (exact) mass is 347 g/mol. The Morgan fingerprint density at radius 2 is 1.92 bits per heavy atom. The number of nitrogens with zero attached hydrogens (tertiary/aromatic N) is 2. The molecule has 0 spiro atoms. The molecule has 5 nitrogen and oxygen atoms in total. The van der Waals surface area contributed by atoms with Gasteiger partial charge >= 0.3 is 0 Å². The van der Waals surface area contributed by atoms with Crippen LogP contribution in [0.2, 0.25) is 0 Å². The molecule has 1 aromatic carbocycles. The summed E-state index contributed by atoms with van der Waals surface area (Å²) in [5.41, 5.74) is 4.64. The minimum absolute atomic E-state index is 0.151. The van der Waals surface area contributed by atoms with Crippen LogP contribution in [-0.4, -0.2) is 15.5 Å². The number of anilines is 1. The molecule has 0 radical (unpaired) electrons. The fourth-order valence-corrected chi connectivity index (χ4v) is 3.89. The van der Waals surface area contributed by atoms with E-state index in [1.807, 2.05) is 30.5 Å². The number of benzene rings is 1. The lowest BCUT2D eigenvalue weighted by Crippen LogP contribution is -2.26. The molecule has 1 amide bonds. The van der Waals surface area contributed by atoms with Gasteiger partial charge in [-0.25, -0.2) is 0 Å². The summed E-state index contributed by atoms with van der Waals surface area (Å²) >= 11 is 0. The van der Waals surface area contributed by atoms with E-state index in [2.05, 4.69) is 10.3 Å². The molecule has 26 heavy (non-hydrogen) atoms. The molecule has 1 N–H and O–H groups in total. The predicted octanol–water partition coefficient (Wildman–Crippen LogP) is 3.37. The molecule has 1 aliphatic carbocycles. The Morgan fingerprint density at radius 3 is 2.77 bits per heavy atom. The Hall–Kier alpha value is -2.95. The quantitative estimate of drug-likeness (QED) is 0.773. The molecule has 3 aromatic rings. The number of amides is 1. The van der Waals surface area contributed by atoms with Gasteiger partial charge in [0.25, 0.3) is 11.5 Å². The average Bonchev–Trinajstić information content (AvgIpc) is 2.67. The van der Waals surface area contributed by atoms with Crippen LogP contribution in [0.1, 0.15) is 39.9 Å². The van der Waals surface area contributed by atoms with E-state index in [-0.39, 0.29) is 11.5 Å². The van der Waals surface area contributed by atoms with Gasteiger partial charge in [0.2, 0.25) is 0 Å². The zero-order chi connectivity index (χ0) is 18.3. The number of aromatic nitrogens is 2. The third-order valence-electron chi connectivity index (χ3n) is 5.28. The van der Waals surface area contributed by atoms with Crippen LogP contribution >= 0.6 is 0 Å². The van der Waals surface area contributed by atoms with Gasteiger partial charge in [0, 0.05) is 24.2 Å². The molecule has 2 heterocycles. The summed E-state index contributed by atoms with van der Waals surface area (Å²) in [6, 6.07) is 7.50.